The van der Waals surface area contributed by atoms with E-state index in [1.807, 2.05) is 12.1 Å². The average molecular weight is 379 g/mol. The zero-order chi connectivity index (χ0) is 19.4. The van der Waals surface area contributed by atoms with Gasteiger partial charge in [0, 0.05) is 13.0 Å². The lowest BCUT2D eigenvalue weighted by molar-refractivity contribution is 0.0657. The largest absolute Gasteiger partial charge is 0.497 e. The van der Waals surface area contributed by atoms with E-state index in [1.165, 1.54) is 13.2 Å². The summed E-state index contributed by atoms with van der Waals surface area (Å²) in [7, 11) is -0.628. The van der Waals surface area contributed by atoms with Crippen LogP contribution in [0, 0.1) is 6.92 Å². The molecule has 26 heavy (non-hydrogen) atoms. The second kappa shape index (κ2) is 8.07. The molecule has 0 heterocycles. The van der Waals surface area contributed by atoms with Crippen LogP contribution in [0.1, 0.15) is 18.1 Å². The number of methoxy groups -OCH3 is 2. The predicted octanol–water partition coefficient (Wildman–Crippen LogP) is 2.28. The first-order valence-electron chi connectivity index (χ1n) is 8.16. The smallest absolute Gasteiger partial charge is 0.240 e. The molecule has 0 aliphatic carbocycles. The average Bonchev–Trinajstić information content (AvgIpc) is 2.60. The van der Waals surface area contributed by atoms with Crippen molar-refractivity contribution in [2.75, 3.05) is 20.8 Å². The van der Waals surface area contributed by atoms with Crippen molar-refractivity contribution in [3.63, 3.8) is 0 Å². The lowest BCUT2D eigenvalue weighted by Crippen LogP contribution is -2.42. The highest BCUT2D eigenvalue weighted by Gasteiger charge is 2.25. The van der Waals surface area contributed by atoms with Crippen LogP contribution in [-0.2, 0) is 16.4 Å². The van der Waals surface area contributed by atoms with E-state index in [-0.39, 0.29) is 11.4 Å². The van der Waals surface area contributed by atoms with Crippen molar-refractivity contribution in [2.45, 2.75) is 30.8 Å². The van der Waals surface area contributed by atoms with E-state index in [2.05, 4.69) is 4.72 Å². The summed E-state index contributed by atoms with van der Waals surface area (Å²) in [6.45, 7) is 3.19. The van der Waals surface area contributed by atoms with Crippen LogP contribution in [0.5, 0.6) is 11.5 Å². The van der Waals surface area contributed by atoms with Gasteiger partial charge in [0.15, 0.2) is 0 Å². The molecule has 0 spiro atoms. The molecule has 0 saturated carbocycles. The van der Waals surface area contributed by atoms with Crippen molar-refractivity contribution in [3.05, 3.63) is 53.6 Å². The Hall–Kier alpha value is -2.09. The molecule has 1 atom stereocenters. The van der Waals surface area contributed by atoms with Crippen LogP contribution < -0.4 is 14.2 Å². The summed E-state index contributed by atoms with van der Waals surface area (Å²) in [6.07, 6.45) is 0.307. The third-order valence-corrected chi connectivity index (χ3v) is 5.62. The second-order valence-electron chi connectivity index (χ2n) is 6.48. The molecule has 0 saturated heterocycles. The summed E-state index contributed by atoms with van der Waals surface area (Å²) < 4.78 is 37.8. The molecule has 0 bridgehead atoms. The molecule has 0 radical (unpaired) electrons. The summed E-state index contributed by atoms with van der Waals surface area (Å²) in [4.78, 5) is 0.165. The van der Waals surface area contributed by atoms with E-state index in [0.717, 1.165) is 11.3 Å². The highest BCUT2D eigenvalue weighted by Crippen LogP contribution is 2.22. The Morgan fingerprint density at radius 2 is 1.62 bits per heavy atom. The fraction of sp³-hybridized carbons (Fsp3) is 0.368. The minimum atomic E-state index is -3.74. The van der Waals surface area contributed by atoms with Gasteiger partial charge in [-0.1, -0.05) is 12.1 Å². The molecule has 7 heteroatoms. The molecule has 6 nitrogen and oxygen atoms in total. The predicted molar refractivity (Wildman–Crippen MR) is 100 cm³/mol. The maximum Gasteiger partial charge on any atom is 0.240 e. The number of benzene rings is 2. The highest BCUT2D eigenvalue weighted by atomic mass is 32.2. The molecule has 0 amide bonds. The van der Waals surface area contributed by atoms with Gasteiger partial charge in [0.05, 0.1) is 24.7 Å². The van der Waals surface area contributed by atoms with Crippen molar-refractivity contribution >= 4 is 10.0 Å². The summed E-state index contributed by atoms with van der Waals surface area (Å²) >= 11 is 0. The van der Waals surface area contributed by atoms with Crippen molar-refractivity contribution in [1.29, 1.82) is 0 Å². The number of hydrogen-bond donors (Lipinski definition) is 2. The van der Waals surface area contributed by atoms with Crippen LogP contribution in [0.2, 0.25) is 0 Å². The van der Waals surface area contributed by atoms with Crippen LogP contribution in [0.25, 0.3) is 0 Å². The molecular formula is C19H25NO5S. The molecular weight excluding hydrogens is 354 g/mol. The van der Waals surface area contributed by atoms with Crippen molar-refractivity contribution < 1.29 is 23.0 Å². The van der Waals surface area contributed by atoms with E-state index in [0.29, 0.717) is 17.7 Å². The van der Waals surface area contributed by atoms with E-state index in [9.17, 15) is 13.5 Å². The first-order chi connectivity index (χ1) is 12.2. The molecule has 0 aliphatic heterocycles. The van der Waals surface area contributed by atoms with Gasteiger partial charge in [-0.25, -0.2) is 13.1 Å². The van der Waals surface area contributed by atoms with Gasteiger partial charge in [0.2, 0.25) is 10.0 Å². The Morgan fingerprint density at radius 3 is 2.15 bits per heavy atom. The lowest BCUT2D eigenvalue weighted by atomic mass is 9.97. The minimum Gasteiger partial charge on any atom is -0.497 e. The van der Waals surface area contributed by atoms with E-state index < -0.39 is 15.6 Å². The van der Waals surface area contributed by atoms with Crippen molar-refractivity contribution in [1.82, 2.24) is 4.72 Å². The molecule has 2 aromatic rings. The Morgan fingerprint density at radius 1 is 1.04 bits per heavy atom. The van der Waals surface area contributed by atoms with Gasteiger partial charge in [-0.3, -0.25) is 0 Å². The molecule has 2 aromatic carbocycles. The fourth-order valence-electron chi connectivity index (χ4n) is 2.62. The number of aryl methyl sites for hydroxylation is 1. The normalized spacial score (nSPS) is 13.9. The highest BCUT2D eigenvalue weighted by molar-refractivity contribution is 7.89. The molecule has 0 fully saturated rings. The quantitative estimate of drug-likeness (QED) is 0.735. The second-order valence-corrected chi connectivity index (χ2v) is 8.21. The first-order valence-corrected chi connectivity index (χ1v) is 9.65. The first kappa shape index (κ1) is 20.2. The Bertz CT molecular complexity index is 845. The van der Waals surface area contributed by atoms with Gasteiger partial charge in [-0.2, -0.15) is 0 Å². The van der Waals surface area contributed by atoms with Gasteiger partial charge >= 0.3 is 0 Å². The SMILES string of the molecule is COc1ccc(CC(C)(O)CNS(=O)(=O)c2ccc(OC)cc2C)cc1. The number of ether oxygens (including phenoxy) is 2. The van der Waals surface area contributed by atoms with E-state index in [1.54, 1.807) is 45.2 Å². The topological polar surface area (TPSA) is 84.9 Å². The molecule has 1 unspecified atom stereocenters. The number of hydrogen-bond acceptors (Lipinski definition) is 5. The standard InChI is InChI=1S/C19H25NO5S/c1-14-11-17(25-4)9-10-18(14)26(22,23)20-13-19(2,21)12-15-5-7-16(24-3)8-6-15/h5-11,20-21H,12-13H2,1-4H3. The minimum absolute atomic E-state index is 0.104. The van der Waals surface area contributed by atoms with E-state index in [4.69, 9.17) is 9.47 Å². The molecule has 0 aromatic heterocycles. The Kier molecular flexibility index (Phi) is 6.28. The van der Waals surface area contributed by atoms with Crippen molar-refractivity contribution in [2.24, 2.45) is 0 Å². The lowest BCUT2D eigenvalue weighted by Gasteiger charge is -2.24. The number of rotatable bonds is 8. The zero-order valence-corrected chi connectivity index (χ0v) is 16.3. The van der Waals surface area contributed by atoms with Gasteiger partial charge in [0.25, 0.3) is 0 Å². The number of nitrogens with one attached hydrogen (secondary N) is 1. The van der Waals surface area contributed by atoms with Gasteiger partial charge < -0.3 is 14.6 Å². The van der Waals surface area contributed by atoms with Gasteiger partial charge in [0.1, 0.15) is 11.5 Å². The molecule has 0 aliphatic rings. The van der Waals surface area contributed by atoms with Crippen LogP contribution >= 0.6 is 0 Å². The molecule has 2 N–H and O–H groups in total. The maximum absolute atomic E-state index is 12.6. The Balaban J connectivity index is 2.07. The van der Waals surface area contributed by atoms with Crippen molar-refractivity contribution in [3.8, 4) is 11.5 Å². The number of aliphatic hydroxyl groups is 1. The third-order valence-electron chi connectivity index (χ3n) is 4.06. The summed E-state index contributed by atoms with van der Waals surface area (Å²) in [5, 5.41) is 10.6. The Labute approximate surface area is 154 Å². The van der Waals surface area contributed by atoms with Gasteiger partial charge in [-0.05, 0) is 55.3 Å². The zero-order valence-electron chi connectivity index (χ0n) is 15.4. The fourth-order valence-corrected chi connectivity index (χ4v) is 4.01. The van der Waals surface area contributed by atoms with Gasteiger partial charge in [-0.15, -0.1) is 0 Å². The maximum atomic E-state index is 12.6. The van der Waals surface area contributed by atoms with E-state index >= 15 is 0 Å². The van der Waals surface area contributed by atoms with Crippen LogP contribution in [-0.4, -0.2) is 39.9 Å². The van der Waals surface area contributed by atoms with Crippen LogP contribution in [0.3, 0.4) is 0 Å². The summed E-state index contributed by atoms with van der Waals surface area (Å²) in [5.74, 6) is 1.32. The monoisotopic (exact) mass is 379 g/mol. The summed E-state index contributed by atoms with van der Waals surface area (Å²) in [6, 6.07) is 12.0. The van der Waals surface area contributed by atoms with Crippen LogP contribution in [0.4, 0.5) is 0 Å². The number of sulfonamides is 1. The molecule has 142 valence electrons. The molecule has 2 rings (SSSR count). The third kappa shape index (κ3) is 5.20. The van der Waals surface area contributed by atoms with Crippen LogP contribution in [0.15, 0.2) is 47.4 Å². The summed E-state index contributed by atoms with van der Waals surface area (Å²) in [5.41, 5.74) is 0.226.